The maximum absolute atomic E-state index is 4.72. The number of para-hydroxylation sites is 2. The summed E-state index contributed by atoms with van der Waals surface area (Å²) in [6.07, 6.45) is 0. The normalized spacial score (nSPS) is 11.5. The zero-order valence-electron chi connectivity index (χ0n) is 11.4. The van der Waals surface area contributed by atoms with Crippen molar-refractivity contribution in [2.24, 2.45) is 7.05 Å². The molecule has 0 amide bonds. The zero-order valence-corrected chi connectivity index (χ0v) is 11.4. The summed E-state index contributed by atoms with van der Waals surface area (Å²) in [6.45, 7) is 1.97. The lowest BCUT2D eigenvalue weighted by molar-refractivity contribution is 0.960. The Balaban J connectivity index is 1.97. The van der Waals surface area contributed by atoms with Crippen LogP contribution in [0.2, 0.25) is 0 Å². The topological polar surface area (TPSA) is 46.5 Å². The largest absolute Gasteiger partial charge is 0.342 e. The van der Waals surface area contributed by atoms with E-state index in [0.717, 1.165) is 39.3 Å². The van der Waals surface area contributed by atoms with Crippen LogP contribution in [0, 0.1) is 6.92 Å². The first-order valence-corrected chi connectivity index (χ1v) is 6.60. The van der Waals surface area contributed by atoms with Crippen molar-refractivity contribution in [1.29, 1.82) is 0 Å². The molecule has 0 aliphatic heterocycles. The number of nitrogens with zero attached hydrogens (tertiary/aromatic N) is 3. The van der Waals surface area contributed by atoms with Gasteiger partial charge in [-0.05, 0) is 37.3 Å². The predicted octanol–water partition coefficient (Wildman–Crippen LogP) is 3.43. The average Bonchev–Trinajstić information content (AvgIpc) is 2.98. The van der Waals surface area contributed by atoms with E-state index in [9.17, 15) is 0 Å². The Kier molecular flexibility index (Phi) is 2.21. The molecule has 4 heteroatoms. The summed E-state index contributed by atoms with van der Waals surface area (Å²) in [5, 5.41) is 0. The molecule has 4 rings (SSSR count). The van der Waals surface area contributed by atoms with Gasteiger partial charge in [0.2, 0.25) is 0 Å². The van der Waals surface area contributed by atoms with E-state index < -0.39 is 0 Å². The molecule has 0 atom stereocenters. The zero-order chi connectivity index (χ0) is 13.7. The SMILES string of the molecule is Cc1nc2ccc(-c3nc4ccccc4n3C)cc2[nH]1. The second kappa shape index (κ2) is 3.93. The molecule has 0 aliphatic rings. The van der Waals surface area contributed by atoms with Gasteiger partial charge >= 0.3 is 0 Å². The number of hydrogen-bond acceptors (Lipinski definition) is 2. The fraction of sp³-hybridized carbons (Fsp3) is 0.125. The van der Waals surface area contributed by atoms with Crippen molar-refractivity contribution < 1.29 is 0 Å². The Morgan fingerprint density at radius 3 is 2.70 bits per heavy atom. The van der Waals surface area contributed by atoms with Gasteiger partial charge in [0.05, 0.1) is 22.1 Å². The molecule has 0 bridgehead atoms. The van der Waals surface area contributed by atoms with Crippen LogP contribution in [-0.2, 0) is 7.05 Å². The van der Waals surface area contributed by atoms with Crippen molar-refractivity contribution in [2.45, 2.75) is 6.92 Å². The second-order valence-electron chi connectivity index (χ2n) is 5.04. The van der Waals surface area contributed by atoms with Gasteiger partial charge in [-0.25, -0.2) is 9.97 Å². The Morgan fingerprint density at radius 2 is 1.85 bits per heavy atom. The molecule has 4 aromatic rings. The third-order valence-corrected chi connectivity index (χ3v) is 3.65. The second-order valence-corrected chi connectivity index (χ2v) is 5.04. The average molecular weight is 262 g/mol. The van der Waals surface area contributed by atoms with Gasteiger partial charge in [-0.15, -0.1) is 0 Å². The smallest absolute Gasteiger partial charge is 0.140 e. The lowest BCUT2D eigenvalue weighted by Gasteiger charge is -2.02. The minimum Gasteiger partial charge on any atom is -0.342 e. The van der Waals surface area contributed by atoms with Crippen LogP contribution in [-0.4, -0.2) is 19.5 Å². The van der Waals surface area contributed by atoms with E-state index in [1.807, 2.05) is 38.2 Å². The number of aryl methyl sites for hydroxylation is 2. The molecule has 2 heterocycles. The van der Waals surface area contributed by atoms with Crippen molar-refractivity contribution >= 4 is 22.1 Å². The number of fused-ring (bicyclic) bond motifs is 2. The maximum Gasteiger partial charge on any atom is 0.140 e. The number of hydrogen-bond donors (Lipinski definition) is 1. The fourth-order valence-electron chi connectivity index (χ4n) is 2.68. The molecule has 98 valence electrons. The van der Waals surface area contributed by atoms with Crippen molar-refractivity contribution in [3.8, 4) is 11.4 Å². The first-order chi connectivity index (χ1) is 9.72. The van der Waals surface area contributed by atoms with Gasteiger partial charge in [0, 0.05) is 12.6 Å². The number of aromatic amines is 1. The van der Waals surface area contributed by atoms with Crippen molar-refractivity contribution in [1.82, 2.24) is 19.5 Å². The summed E-state index contributed by atoms with van der Waals surface area (Å²) in [5.74, 6) is 1.91. The molecule has 0 fully saturated rings. The molecule has 0 unspecified atom stereocenters. The summed E-state index contributed by atoms with van der Waals surface area (Å²) in [5.41, 5.74) is 5.30. The van der Waals surface area contributed by atoms with E-state index in [0.29, 0.717) is 0 Å². The number of imidazole rings is 2. The van der Waals surface area contributed by atoms with Crippen LogP contribution in [0.4, 0.5) is 0 Å². The molecule has 0 aliphatic carbocycles. The Morgan fingerprint density at radius 1 is 1.00 bits per heavy atom. The van der Waals surface area contributed by atoms with Crippen molar-refractivity contribution in [3.63, 3.8) is 0 Å². The molecule has 0 saturated carbocycles. The van der Waals surface area contributed by atoms with Gasteiger partial charge in [0.25, 0.3) is 0 Å². The van der Waals surface area contributed by atoms with Gasteiger partial charge < -0.3 is 9.55 Å². The summed E-state index contributed by atoms with van der Waals surface area (Å²) in [6, 6.07) is 14.4. The molecule has 4 nitrogen and oxygen atoms in total. The van der Waals surface area contributed by atoms with E-state index in [1.165, 1.54) is 0 Å². The van der Waals surface area contributed by atoms with Gasteiger partial charge in [-0.2, -0.15) is 0 Å². The Hall–Kier alpha value is -2.62. The van der Waals surface area contributed by atoms with Crippen molar-refractivity contribution in [3.05, 3.63) is 48.3 Å². The highest BCUT2D eigenvalue weighted by molar-refractivity contribution is 5.84. The maximum atomic E-state index is 4.72. The third-order valence-electron chi connectivity index (χ3n) is 3.65. The van der Waals surface area contributed by atoms with Gasteiger partial charge in [0.15, 0.2) is 0 Å². The van der Waals surface area contributed by atoms with Gasteiger partial charge in [-0.1, -0.05) is 12.1 Å². The van der Waals surface area contributed by atoms with Crippen LogP contribution in [0.5, 0.6) is 0 Å². The van der Waals surface area contributed by atoms with E-state index in [1.54, 1.807) is 0 Å². The fourth-order valence-corrected chi connectivity index (χ4v) is 2.68. The summed E-state index contributed by atoms with van der Waals surface area (Å²) < 4.78 is 2.12. The Labute approximate surface area is 116 Å². The minimum absolute atomic E-state index is 0.933. The van der Waals surface area contributed by atoms with Crippen LogP contribution in [0.15, 0.2) is 42.5 Å². The molecular weight excluding hydrogens is 248 g/mol. The monoisotopic (exact) mass is 262 g/mol. The van der Waals surface area contributed by atoms with Crippen LogP contribution < -0.4 is 0 Å². The first-order valence-electron chi connectivity index (χ1n) is 6.60. The van der Waals surface area contributed by atoms with Crippen LogP contribution >= 0.6 is 0 Å². The van der Waals surface area contributed by atoms with Crippen molar-refractivity contribution in [2.75, 3.05) is 0 Å². The summed E-state index contributed by atoms with van der Waals surface area (Å²) in [7, 11) is 2.05. The van der Waals surface area contributed by atoms with E-state index >= 15 is 0 Å². The van der Waals surface area contributed by atoms with Crippen LogP contribution in [0.1, 0.15) is 5.82 Å². The van der Waals surface area contributed by atoms with E-state index in [4.69, 9.17) is 4.98 Å². The molecule has 20 heavy (non-hydrogen) atoms. The summed E-state index contributed by atoms with van der Waals surface area (Å²) in [4.78, 5) is 12.4. The molecule has 0 saturated heterocycles. The van der Waals surface area contributed by atoms with E-state index in [2.05, 4.69) is 32.7 Å². The standard InChI is InChI=1S/C16H14N4/c1-10-17-12-8-7-11(9-14(12)18-10)16-19-13-5-3-4-6-15(13)20(16)2/h3-9H,1-2H3,(H,17,18). The Bertz CT molecular complexity index is 930. The minimum atomic E-state index is 0.933. The first kappa shape index (κ1) is 11.2. The van der Waals surface area contributed by atoms with Crippen LogP contribution in [0.25, 0.3) is 33.5 Å². The quantitative estimate of drug-likeness (QED) is 0.571. The van der Waals surface area contributed by atoms with Gasteiger partial charge in [0.1, 0.15) is 11.6 Å². The number of nitrogens with one attached hydrogen (secondary N) is 1. The molecule has 0 radical (unpaired) electrons. The molecule has 0 spiro atoms. The van der Waals surface area contributed by atoms with Gasteiger partial charge in [-0.3, -0.25) is 0 Å². The highest BCUT2D eigenvalue weighted by Gasteiger charge is 2.10. The lowest BCUT2D eigenvalue weighted by atomic mass is 10.2. The molecular formula is C16H14N4. The number of aromatic nitrogens is 4. The summed E-state index contributed by atoms with van der Waals surface area (Å²) >= 11 is 0. The molecule has 2 aromatic heterocycles. The third kappa shape index (κ3) is 1.54. The van der Waals surface area contributed by atoms with E-state index in [-0.39, 0.29) is 0 Å². The highest BCUT2D eigenvalue weighted by atomic mass is 15.1. The predicted molar refractivity (Wildman–Crippen MR) is 80.5 cm³/mol. The number of rotatable bonds is 1. The highest BCUT2D eigenvalue weighted by Crippen LogP contribution is 2.25. The lowest BCUT2D eigenvalue weighted by Crippen LogP contribution is -1.92. The van der Waals surface area contributed by atoms with Crippen LogP contribution in [0.3, 0.4) is 0 Å². The number of H-pyrrole nitrogens is 1. The molecule has 2 aromatic carbocycles. The number of benzene rings is 2. The molecule has 1 N–H and O–H groups in total.